The van der Waals surface area contributed by atoms with Crippen molar-refractivity contribution in [3.8, 4) is 0 Å². The number of carbonyl (C=O) groups is 2. The summed E-state index contributed by atoms with van der Waals surface area (Å²) in [6.45, 7) is 4.41. The molecule has 1 aliphatic rings. The van der Waals surface area contributed by atoms with Crippen LogP contribution in [0.1, 0.15) is 46.0 Å². The molecule has 2 amide bonds. The van der Waals surface area contributed by atoms with Gasteiger partial charge in [-0.15, -0.1) is 0 Å². The zero-order chi connectivity index (χ0) is 14.3. The number of carboxylic acid groups (broad SMARTS) is 1. The number of amides is 2. The Morgan fingerprint density at radius 3 is 2.68 bits per heavy atom. The van der Waals surface area contributed by atoms with Crippen molar-refractivity contribution in [1.82, 2.24) is 10.6 Å². The van der Waals surface area contributed by atoms with Crippen molar-refractivity contribution in [2.45, 2.75) is 52.0 Å². The van der Waals surface area contributed by atoms with Crippen LogP contribution in [0.4, 0.5) is 4.79 Å². The number of rotatable bonds is 7. The Morgan fingerprint density at radius 1 is 1.42 bits per heavy atom. The maximum atomic E-state index is 11.7. The van der Waals surface area contributed by atoms with Crippen molar-refractivity contribution in [3.05, 3.63) is 11.6 Å². The second-order valence-electron chi connectivity index (χ2n) is 5.35. The SMILES string of the molecule is CC(C)C(CC(=O)O)NC(=O)NCCC1=CCCC1. The number of hydrogen-bond donors (Lipinski definition) is 3. The van der Waals surface area contributed by atoms with E-state index in [9.17, 15) is 9.59 Å². The van der Waals surface area contributed by atoms with E-state index in [1.807, 2.05) is 13.8 Å². The molecule has 0 saturated heterocycles. The summed E-state index contributed by atoms with van der Waals surface area (Å²) in [6, 6.07) is -0.609. The molecule has 0 saturated carbocycles. The summed E-state index contributed by atoms with van der Waals surface area (Å²) in [5.41, 5.74) is 1.41. The molecule has 5 heteroatoms. The van der Waals surface area contributed by atoms with Gasteiger partial charge >= 0.3 is 12.0 Å². The average molecular weight is 268 g/mol. The minimum Gasteiger partial charge on any atom is -0.481 e. The lowest BCUT2D eigenvalue weighted by atomic mass is 10.0. The Labute approximate surface area is 114 Å². The third-order valence-corrected chi connectivity index (χ3v) is 3.38. The van der Waals surface area contributed by atoms with Crippen molar-refractivity contribution in [1.29, 1.82) is 0 Å². The third kappa shape index (κ3) is 6.27. The predicted molar refractivity (Wildman–Crippen MR) is 74.0 cm³/mol. The van der Waals surface area contributed by atoms with Crippen molar-refractivity contribution in [3.63, 3.8) is 0 Å². The number of urea groups is 1. The van der Waals surface area contributed by atoms with Gasteiger partial charge in [-0.25, -0.2) is 4.79 Å². The first-order valence-electron chi connectivity index (χ1n) is 6.93. The molecule has 0 bridgehead atoms. The fourth-order valence-corrected chi connectivity index (χ4v) is 2.16. The van der Waals surface area contributed by atoms with Crippen LogP contribution in [0.5, 0.6) is 0 Å². The van der Waals surface area contributed by atoms with E-state index in [2.05, 4.69) is 16.7 Å². The van der Waals surface area contributed by atoms with E-state index in [4.69, 9.17) is 5.11 Å². The summed E-state index contributed by atoms with van der Waals surface area (Å²) in [4.78, 5) is 22.4. The standard InChI is InChI=1S/C14H24N2O3/c1-10(2)12(9-13(17)18)16-14(19)15-8-7-11-5-3-4-6-11/h5,10,12H,3-4,6-9H2,1-2H3,(H,17,18)(H2,15,16,19). The Balaban J connectivity index is 2.25. The Hall–Kier alpha value is -1.52. The lowest BCUT2D eigenvalue weighted by Gasteiger charge is -2.20. The minimum atomic E-state index is -0.893. The summed E-state index contributed by atoms with van der Waals surface area (Å²) in [7, 11) is 0. The fraction of sp³-hybridized carbons (Fsp3) is 0.714. The molecule has 1 rings (SSSR count). The van der Waals surface area contributed by atoms with Gasteiger partial charge in [0.2, 0.25) is 0 Å². The van der Waals surface area contributed by atoms with Crippen molar-refractivity contribution < 1.29 is 14.7 Å². The molecule has 0 heterocycles. The normalized spacial score (nSPS) is 16.1. The minimum absolute atomic E-state index is 0.0454. The fourth-order valence-electron chi connectivity index (χ4n) is 2.16. The molecule has 5 nitrogen and oxygen atoms in total. The van der Waals surface area contributed by atoms with Gasteiger partial charge in [-0.05, 0) is 31.6 Å². The van der Waals surface area contributed by atoms with Crippen LogP contribution in [0, 0.1) is 5.92 Å². The van der Waals surface area contributed by atoms with Crippen LogP contribution in [-0.2, 0) is 4.79 Å². The van der Waals surface area contributed by atoms with Gasteiger partial charge in [-0.2, -0.15) is 0 Å². The molecule has 0 spiro atoms. The highest BCUT2D eigenvalue weighted by Gasteiger charge is 2.19. The summed E-state index contributed by atoms with van der Waals surface area (Å²) in [5, 5.41) is 14.3. The van der Waals surface area contributed by atoms with Crippen LogP contribution in [0.2, 0.25) is 0 Å². The van der Waals surface area contributed by atoms with E-state index < -0.39 is 5.97 Å². The van der Waals surface area contributed by atoms with E-state index in [1.165, 1.54) is 12.0 Å². The van der Waals surface area contributed by atoms with Gasteiger partial charge in [0.15, 0.2) is 0 Å². The Bertz CT molecular complexity index is 351. The molecular formula is C14H24N2O3. The van der Waals surface area contributed by atoms with E-state index in [1.54, 1.807) is 0 Å². The first-order chi connectivity index (χ1) is 8.99. The molecule has 1 atom stereocenters. The smallest absolute Gasteiger partial charge is 0.315 e. The van der Waals surface area contributed by atoms with Crippen LogP contribution in [0.3, 0.4) is 0 Å². The first-order valence-corrected chi connectivity index (χ1v) is 6.93. The van der Waals surface area contributed by atoms with Gasteiger partial charge in [0.1, 0.15) is 0 Å². The second-order valence-corrected chi connectivity index (χ2v) is 5.35. The van der Waals surface area contributed by atoms with Crippen LogP contribution in [0.25, 0.3) is 0 Å². The van der Waals surface area contributed by atoms with Gasteiger partial charge in [-0.1, -0.05) is 25.5 Å². The predicted octanol–water partition coefficient (Wildman–Crippen LogP) is 2.29. The zero-order valence-corrected chi connectivity index (χ0v) is 11.7. The van der Waals surface area contributed by atoms with Gasteiger partial charge in [0.05, 0.1) is 6.42 Å². The molecule has 108 valence electrons. The topological polar surface area (TPSA) is 78.4 Å². The molecule has 0 aliphatic heterocycles. The Kier molecular flexibility index (Phi) is 6.39. The molecule has 3 N–H and O–H groups in total. The number of hydrogen-bond acceptors (Lipinski definition) is 2. The molecule has 0 aromatic rings. The van der Waals surface area contributed by atoms with E-state index in [0.717, 1.165) is 19.3 Å². The van der Waals surface area contributed by atoms with Gasteiger partial charge < -0.3 is 15.7 Å². The van der Waals surface area contributed by atoms with Crippen LogP contribution in [-0.4, -0.2) is 29.7 Å². The van der Waals surface area contributed by atoms with E-state index >= 15 is 0 Å². The number of nitrogens with one attached hydrogen (secondary N) is 2. The zero-order valence-electron chi connectivity index (χ0n) is 11.7. The molecule has 19 heavy (non-hydrogen) atoms. The van der Waals surface area contributed by atoms with Crippen LogP contribution in [0.15, 0.2) is 11.6 Å². The number of carboxylic acids is 1. The maximum Gasteiger partial charge on any atom is 0.315 e. The molecular weight excluding hydrogens is 244 g/mol. The van der Waals surface area contributed by atoms with Crippen LogP contribution < -0.4 is 10.6 Å². The number of aliphatic carboxylic acids is 1. The third-order valence-electron chi connectivity index (χ3n) is 3.38. The lowest BCUT2D eigenvalue weighted by Crippen LogP contribution is -2.45. The first kappa shape index (κ1) is 15.5. The monoisotopic (exact) mass is 268 g/mol. The molecule has 0 aromatic heterocycles. The van der Waals surface area contributed by atoms with Gasteiger partial charge in [0.25, 0.3) is 0 Å². The molecule has 1 aliphatic carbocycles. The van der Waals surface area contributed by atoms with Gasteiger partial charge in [0, 0.05) is 12.6 Å². The molecule has 1 unspecified atom stereocenters. The van der Waals surface area contributed by atoms with Crippen LogP contribution >= 0.6 is 0 Å². The molecule has 0 fully saturated rings. The van der Waals surface area contributed by atoms with Crippen molar-refractivity contribution >= 4 is 12.0 Å². The summed E-state index contributed by atoms with van der Waals surface area (Å²) >= 11 is 0. The van der Waals surface area contributed by atoms with Gasteiger partial charge in [-0.3, -0.25) is 4.79 Å². The van der Waals surface area contributed by atoms with Crippen molar-refractivity contribution in [2.24, 2.45) is 5.92 Å². The highest BCUT2D eigenvalue weighted by atomic mass is 16.4. The quantitative estimate of drug-likeness (QED) is 0.620. The van der Waals surface area contributed by atoms with Crippen molar-refractivity contribution in [2.75, 3.05) is 6.54 Å². The van der Waals surface area contributed by atoms with E-state index in [-0.39, 0.29) is 24.4 Å². The second kappa shape index (κ2) is 7.81. The number of allylic oxidation sites excluding steroid dienone is 1. The lowest BCUT2D eigenvalue weighted by molar-refractivity contribution is -0.137. The largest absolute Gasteiger partial charge is 0.481 e. The summed E-state index contributed by atoms with van der Waals surface area (Å²) in [6.07, 6.45) is 6.58. The highest BCUT2D eigenvalue weighted by molar-refractivity contribution is 5.75. The maximum absolute atomic E-state index is 11.7. The molecule has 0 aromatic carbocycles. The highest BCUT2D eigenvalue weighted by Crippen LogP contribution is 2.19. The summed E-state index contributed by atoms with van der Waals surface area (Å²) < 4.78 is 0. The number of carbonyl (C=O) groups excluding carboxylic acids is 1. The molecule has 0 radical (unpaired) electrons. The average Bonchev–Trinajstić information content (AvgIpc) is 2.80. The van der Waals surface area contributed by atoms with E-state index in [0.29, 0.717) is 6.54 Å². The summed E-state index contributed by atoms with van der Waals surface area (Å²) in [5.74, 6) is -0.797. The Morgan fingerprint density at radius 2 is 2.16 bits per heavy atom.